The molecule has 248 valence electrons. The molecule has 4 unspecified atom stereocenters. The molecule has 0 amide bonds. The highest BCUT2D eigenvalue weighted by molar-refractivity contribution is 7.25. The van der Waals surface area contributed by atoms with E-state index >= 15 is 0 Å². The summed E-state index contributed by atoms with van der Waals surface area (Å²) in [6.45, 7) is 0. The quantitative estimate of drug-likeness (QED) is 0.173. The molecule has 0 bridgehead atoms. The van der Waals surface area contributed by atoms with Crippen LogP contribution in [0.3, 0.4) is 0 Å². The summed E-state index contributed by atoms with van der Waals surface area (Å²) >= 11 is 1.85. The summed E-state index contributed by atoms with van der Waals surface area (Å²) in [6.07, 6.45) is 11.7. The third kappa shape index (κ3) is 4.86. The van der Waals surface area contributed by atoms with Gasteiger partial charge in [-0.15, -0.1) is 11.3 Å². The number of nitrogens with one attached hydrogen (secondary N) is 3. The maximum absolute atomic E-state index is 6.72. The van der Waals surface area contributed by atoms with Crippen molar-refractivity contribution in [2.45, 2.75) is 43.7 Å². The number of hydrogen-bond donors (Lipinski definition) is 3. The fourth-order valence-corrected chi connectivity index (χ4v) is 9.57. The predicted molar refractivity (Wildman–Crippen MR) is 209 cm³/mol. The third-order valence-corrected chi connectivity index (χ3v) is 12.2. The topological polar surface area (TPSA) is 62.4 Å². The highest BCUT2D eigenvalue weighted by atomic mass is 32.1. The van der Waals surface area contributed by atoms with Crippen LogP contribution in [-0.4, -0.2) is 0 Å². The monoisotopic (exact) mass is 681 g/mol. The van der Waals surface area contributed by atoms with Gasteiger partial charge in [0.05, 0.1) is 18.5 Å². The Labute approximate surface area is 299 Å². The standard InChI is InChI=1S/C45H35N3O2S/c1-2-9-26(10-3-1)43-46-44(29-19-22-41-36(24-29)32-12-5-7-16-40(32)51-41)48-45(47-43)34-14-8-13-33-35-23-27(18-21-38(35)50-42(33)34)28-17-20-31-30-11-4-6-15-37(30)49-39(31)25-28/h1-3,5-10,12-24,28,43-48H,4,11,25H2. The molecule has 5 aromatic carbocycles. The highest BCUT2D eigenvalue weighted by Gasteiger charge is 2.32. The first-order valence-electron chi connectivity index (χ1n) is 17.9. The zero-order chi connectivity index (χ0) is 33.5. The predicted octanol–water partition coefficient (Wildman–Crippen LogP) is 11.0. The van der Waals surface area contributed by atoms with Crippen LogP contribution in [0.1, 0.15) is 75.7 Å². The second-order valence-corrected chi connectivity index (χ2v) is 15.1. The lowest BCUT2D eigenvalue weighted by molar-refractivity contribution is 0.203. The number of allylic oxidation sites excluding steroid dienone is 2. The van der Waals surface area contributed by atoms with E-state index in [2.05, 4.69) is 149 Å². The summed E-state index contributed by atoms with van der Waals surface area (Å²) in [6, 6.07) is 39.4. The summed E-state index contributed by atoms with van der Waals surface area (Å²) in [7, 11) is 0. The molecule has 3 N–H and O–H groups in total. The van der Waals surface area contributed by atoms with Crippen molar-refractivity contribution < 1.29 is 8.83 Å². The molecule has 11 rings (SSSR count). The summed E-state index contributed by atoms with van der Waals surface area (Å²) < 4.78 is 15.7. The SMILES string of the molecule is C1=Cc2oc3c(c2CC1)C=CC(c1ccc2oc4c(C5NC(c6ccccc6)NC(c6ccc7sc8ccccc8c7c6)N5)cccc4c2c1)C3. The van der Waals surface area contributed by atoms with E-state index in [9.17, 15) is 0 Å². The fourth-order valence-electron chi connectivity index (χ4n) is 8.49. The minimum Gasteiger partial charge on any atom is -0.461 e. The molecule has 3 aliphatic rings. The highest BCUT2D eigenvalue weighted by Crippen LogP contribution is 2.41. The first-order valence-corrected chi connectivity index (χ1v) is 18.7. The second-order valence-electron chi connectivity index (χ2n) is 14.0. The van der Waals surface area contributed by atoms with Crippen LogP contribution in [0, 0.1) is 0 Å². The lowest BCUT2D eigenvalue weighted by atomic mass is 9.86. The Morgan fingerprint density at radius 1 is 0.608 bits per heavy atom. The average molecular weight is 682 g/mol. The number of hydrogen-bond acceptors (Lipinski definition) is 6. The number of rotatable bonds is 4. The van der Waals surface area contributed by atoms with Crippen molar-refractivity contribution in [3.63, 3.8) is 0 Å². The van der Waals surface area contributed by atoms with Gasteiger partial charge in [0.25, 0.3) is 0 Å². The number of thiophene rings is 1. The van der Waals surface area contributed by atoms with E-state index in [1.165, 1.54) is 48.0 Å². The minimum atomic E-state index is -0.168. The van der Waals surface area contributed by atoms with Gasteiger partial charge < -0.3 is 8.83 Å². The number of fused-ring (bicyclic) bond motifs is 9. The van der Waals surface area contributed by atoms with Crippen molar-refractivity contribution in [3.05, 3.63) is 166 Å². The van der Waals surface area contributed by atoms with Gasteiger partial charge in [-0.1, -0.05) is 97.1 Å². The van der Waals surface area contributed by atoms with Gasteiger partial charge in [0.15, 0.2) is 0 Å². The Balaban J connectivity index is 0.966. The smallest absolute Gasteiger partial charge is 0.141 e. The minimum absolute atomic E-state index is 0.0747. The van der Waals surface area contributed by atoms with Crippen LogP contribution in [-0.2, 0) is 12.8 Å². The third-order valence-electron chi connectivity index (χ3n) is 11.0. The second kappa shape index (κ2) is 11.7. The van der Waals surface area contributed by atoms with Crippen molar-refractivity contribution in [3.8, 4) is 0 Å². The van der Waals surface area contributed by atoms with Crippen LogP contribution >= 0.6 is 11.3 Å². The van der Waals surface area contributed by atoms with Crippen LogP contribution in [0.4, 0.5) is 0 Å². The maximum atomic E-state index is 6.72. The molecule has 3 aromatic heterocycles. The first-order chi connectivity index (χ1) is 25.2. The van der Waals surface area contributed by atoms with E-state index in [1.54, 1.807) is 0 Å². The van der Waals surface area contributed by atoms with Crippen molar-refractivity contribution in [2.24, 2.45) is 0 Å². The van der Waals surface area contributed by atoms with Crippen LogP contribution < -0.4 is 16.0 Å². The van der Waals surface area contributed by atoms with Crippen molar-refractivity contribution in [1.82, 2.24) is 16.0 Å². The van der Waals surface area contributed by atoms with E-state index in [0.29, 0.717) is 0 Å². The van der Waals surface area contributed by atoms with E-state index in [4.69, 9.17) is 8.83 Å². The van der Waals surface area contributed by atoms with Gasteiger partial charge in [-0.25, -0.2) is 0 Å². The van der Waals surface area contributed by atoms with Crippen LogP contribution in [0.5, 0.6) is 0 Å². The maximum Gasteiger partial charge on any atom is 0.141 e. The molecule has 0 spiro atoms. The van der Waals surface area contributed by atoms with Gasteiger partial charge in [0, 0.05) is 60.0 Å². The Bertz CT molecular complexity index is 2700. The molecule has 51 heavy (non-hydrogen) atoms. The summed E-state index contributed by atoms with van der Waals surface area (Å²) in [5.74, 6) is 2.40. The molecule has 1 aliphatic heterocycles. The Hall–Kier alpha value is -5.24. The van der Waals surface area contributed by atoms with E-state index in [-0.39, 0.29) is 24.4 Å². The van der Waals surface area contributed by atoms with Gasteiger partial charge in [-0.3, -0.25) is 16.0 Å². The lowest BCUT2D eigenvalue weighted by Crippen LogP contribution is -2.54. The zero-order valence-corrected chi connectivity index (χ0v) is 28.7. The van der Waals surface area contributed by atoms with Gasteiger partial charge in [0.2, 0.25) is 0 Å². The molecule has 0 radical (unpaired) electrons. The number of benzene rings is 5. The Kier molecular flexibility index (Phi) is 6.74. The van der Waals surface area contributed by atoms with E-state index < -0.39 is 0 Å². The average Bonchev–Trinajstić information content (AvgIpc) is 3.88. The molecule has 8 aromatic rings. The van der Waals surface area contributed by atoms with E-state index in [1.807, 2.05) is 11.3 Å². The molecule has 0 saturated carbocycles. The number of furan rings is 2. The van der Waals surface area contributed by atoms with Crippen LogP contribution in [0.2, 0.25) is 0 Å². The molecular formula is C45H35N3O2S. The van der Waals surface area contributed by atoms with Crippen molar-refractivity contribution in [1.29, 1.82) is 0 Å². The zero-order valence-electron chi connectivity index (χ0n) is 27.9. The fraction of sp³-hybridized carbons (Fsp3) is 0.156. The van der Waals surface area contributed by atoms with Gasteiger partial charge in [-0.05, 0) is 65.9 Å². The summed E-state index contributed by atoms with van der Waals surface area (Å²) in [5.41, 5.74) is 9.24. The normalized spacial score (nSPS) is 21.5. The van der Waals surface area contributed by atoms with E-state index in [0.717, 1.165) is 58.3 Å². The summed E-state index contributed by atoms with van der Waals surface area (Å²) in [5, 5.41) is 16.5. The van der Waals surface area contributed by atoms with Gasteiger partial charge in [-0.2, -0.15) is 0 Å². The molecule has 5 nitrogen and oxygen atoms in total. The Morgan fingerprint density at radius 3 is 2.33 bits per heavy atom. The molecule has 4 atom stereocenters. The molecule has 6 heteroatoms. The van der Waals surface area contributed by atoms with Crippen molar-refractivity contribution in [2.75, 3.05) is 0 Å². The lowest BCUT2D eigenvalue weighted by Gasteiger charge is -2.39. The van der Waals surface area contributed by atoms with Crippen molar-refractivity contribution >= 4 is 65.6 Å². The first kappa shape index (κ1) is 29.5. The Morgan fingerprint density at radius 2 is 1.39 bits per heavy atom. The van der Waals surface area contributed by atoms with Gasteiger partial charge in [0.1, 0.15) is 22.7 Å². The summed E-state index contributed by atoms with van der Waals surface area (Å²) in [4.78, 5) is 0. The van der Waals surface area contributed by atoms with Crippen LogP contribution in [0.25, 0.3) is 54.3 Å². The van der Waals surface area contributed by atoms with Crippen LogP contribution in [0.15, 0.2) is 130 Å². The molecule has 4 heterocycles. The largest absolute Gasteiger partial charge is 0.461 e. The molecule has 1 fully saturated rings. The molecule has 2 aliphatic carbocycles. The number of para-hydroxylation sites is 1. The van der Waals surface area contributed by atoms with Gasteiger partial charge >= 0.3 is 0 Å². The molecule has 1 saturated heterocycles. The molecular weight excluding hydrogens is 647 g/mol.